The van der Waals surface area contributed by atoms with Crippen LogP contribution in [0.5, 0.6) is 0 Å². The minimum Gasteiger partial charge on any atom is -0.377 e. The molecule has 0 amide bonds. The van der Waals surface area contributed by atoms with Gasteiger partial charge in [0.05, 0.1) is 11.9 Å². The highest BCUT2D eigenvalue weighted by atomic mass is 32.2. The van der Waals surface area contributed by atoms with Crippen LogP contribution in [-0.4, -0.2) is 63.4 Å². The lowest BCUT2D eigenvalue weighted by Crippen LogP contribution is -2.57. The first-order chi connectivity index (χ1) is 8.13. The lowest BCUT2D eigenvalue weighted by atomic mass is 10.2. The zero-order chi connectivity index (χ0) is 12.3. The lowest BCUT2D eigenvalue weighted by molar-refractivity contribution is 0.125. The Balaban J connectivity index is 2.01. The fraction of sp³-hybridized carbons (Fsp3) is 1.00. The van der Waals surface area contributed by atoms with Crippen molar-refractivity contribution in [2.45, 2.75) is 25.0 Å². The minimum atomic E-state index is -3.24. The molecule has 2 aliphatic heterocycles. The fourth-order valence-electron chi connectivity index (χ4n) is 2.42. The van der Waals surface area contributed by atoms with Gasteiger partial charge in [-0.1, -0.05) is 0 Å². The van der Waals surface area contributed by atoms with Gasteiger partial charge in [-0.15, -0.1) is 0 Å². The maximum absolute atomic E-state index is 12.3. The molecule has 0 spiro atoms. The van der Waals surface area contributed by atoms with Crippen LogP contribution in [0.15, 0.2) is 0 Å². The van der Waals surface area contributed by atoms with E-state index in [1.165, 1.54) is 0 Å². The molecule has 2 unspecified atom stereocenters. The van der Waals surface area contributed by atoms with Crippen molar-refractivity contribution in [3.63, 3.8) is 0 Å². The molecule has 17 heavy (non-hydrogen) atoms. The first-order valence-electron chi connectivity index (χ1n) is 6.15. The molecule has 0 aromatic heterocycles. The molecule has 2 rings (SSSR count). The largest absolute Gasteiger partial charge is 0.377 e. The van der Waals surface area contributed by atoms with Crippen LogP contribution in [0.3, 0.4) is 0 Å². The fourth-order valence-corrected chi connectivity index (χ4v) is 4.32. The van der Waals surface area contributed by atoms with Gasteiger partial charge in [-0.25, -0.2) is 8.42 Å². The minimum absolute atomic E-state index is 0.101. The van der Waals surface area contributed by atoms with Crippen molar-refractivity contribution >= 4 is 10.0 Å². The van der Waals surface area contributed by atoms with Gasteiger partial charge in [0, 0.05) is 38.8 Å². The summed E-state index contributed by atoms with van der Waals surface area (Å²) in [6.07, 6.45) is 1.68. The summed E-state index contributed by atoms with van der Waals surface area (Å²) in [5.74, 6) is 0.101. The molecule has 7 heteroatoms. The molecule has 2 fully saturated rings. The van der Waals surface area contributed by atoms with Crippen molar-refractivity contribution in [2.24, 2.45) is 5.73 Å². The number of ether oxygens (including phenoxy) is 1. The highest BCUT2D eigenvalue weighted by molar-refractivity contribution is 7.89. The topological polar surface area (TPSA) is 84.7 Å². The van der Waals surface area contributed by atoms with Gasteiger partial charge < -0.3 is 15.8 Å². The maximum Gasteiger partial charge on any atom is 0.217 e. The van der Waals surface area contributed by atoms with Gasteiger partial charge in [0.1, 0.15) is 0 Å². The van der Waals surface area contributed by atoms with Gasteiger partial charge in [-0.2, -0.15) is 4.31 Å². The second-order valence-electron chi connectivity index (χ2n) is 4.62. The number of rotatable bonds is 4. The molecule has 2 heterocycles. The third kappa shape index (κ3) is 3.17. The highest BCUT2D eigenvalue weighted by Gasteiger charge is 2.34. The Hall–Kier alpha value is -0.210. The van der Waals surface area contributed by atoms with E-state index in [4.69, 9.17) is 10.5 Å². The van der Waals surface area contributed by atoms with Crippen LogP contribution in [0, 0.1) is 0 Å². The summed E-state index contributed by atoms with van der Waals surface area (Å²) in [6, 6.07) is -0.116. The standard InChI is InChI=1S/C10H21N3O3S/c11-6-9-7-12-3-4-13(9)17(14,15)8-10-2-1-5-16-10/h9-10,12H,1-8,11H2. The maximum atomic E-state index is 12.3. The number of sulfonamides is 1. The SMILES string of the molecule is NCC1CNCCN1S(=O)(=O)CC1CCCO1. The van der Waals surface area contributed by atoms with Gasteiger partial charge in [0.2, 0.25) is 10.0 Å². The number of hydrogen-bond acceptors (Lipinski definition) is 5. The van der Waals surface area contributed by atoms with Crippen LogP contribution in [0.1, 0.15) is 12.8 Å². The van der Waals surface area contributed by atoms with Crippen molar-refractivity contribution in [1.29, 1.82) is 0 Å². The van der Waals surface area contributed by atoms with Crippen LogP contribution in [0.4, 0.5) is 0 Å². The summed E-state index contributed by atoms with van der Waals surface area (Å²) in [6.45, 7) is 2.89. The molecule has 0 radical (unpaired) electrons. The molecule has 100 valence electrons. The first-order valence-corrected chi connectivity index (χ1v) is 7.76. The van der Waals surface area contributed by atoms with Crippen molar-refractivity contribution in [1.82, 2.24) is 9.62 Å². The second-order valence-corrected chi connectivity index (χ2v) is 6.58. The molecule has 0 bridgehead atoms. The van der Waals surface area contributed by atoms with Crippen molar-refractivity contribution in [3.05, 3.63) is 0 Å². The van der Waals surface area contributed by atoms with Crippen LogP contribution in [-0.2, 0) is 14.8 Å². The molecule has 2 saturated heterocycles. The summed E-state index contributed by atoms with van der Waals surface area (Å²) in [5.41, 5.74) is 5.62. The quantitative estimate of drug-likeness (QED) is 0.660. The van der Waals surface area contributed by atoms with Crippen molar-refractivity contribution in [3.8, 4) is 0 Å². The highest BCUT2D eigenvalue weighted by Crippen LogP contribution is 2.18. The molecular weight excluding hydrogens is 242 g/mol. The molecule has 0 aliphatic carbocycles. The molecule has 3 N–H and O–H groups in total. The van der Waals surface area contributed by atoms with E-state index in [-0.39, 0.29) is 17.9 Å². The third-order valence-electron chi connectivity index (χ3n) is 3.35. The molecule has 2 atom stereocenters. The molecule has 2 aliphatic rings. The molecule has 6 nitrogen and oxygen atoms in total. The number of nitrogens with one attached hydrogen (secondary N) is 1. The van der Waals surface area contributed by atoms with E-state index in [0.717, 1.165) is 12.8 Å². The van der Waals surface area contributed by atoms with Gasteiger partial charge in [0.15, 0.2) is 0 Å². The van der Waals surface area contributed by atoms with E-state index in [0.29, 0.717) is 32.8 Å². The summed E-state index contributed by atoms with van der Waals surface area (Å²) < 4.78 is 31.5. The Bertz CT molecular complexity index is 341. The summed E-state index contributed by atoms with van der Waals surface area (Å²) in [4.78, 5) is 0. The monoisotopic (exact) mass is 263 g/mol. The second kappa shape index (κ2) is 5.62. The van der Waals surface area contributed by atoms with Gasteiger partial charge in [-0.3, -0.25) is 0 Å². The van der Waals surface area contributed by atoms with Crippen LogP contribution >= 0.6 is 0 Å². The molecule has 0 aromatic rings. The predicted octanol–water partition coefficient (Wildman–Crippen LogP) is -1.27. The number of piperazine rings is 1. The van der Waals surface area contributed by atoms with Crippen molar-refractivity contribution < 1.29 is 13.2 Å². The van der Waals surface area contributed by atoms with Crippen LogP contribution in [0.2, 0.25) is 0 Å². The van der Waals surface area contributed by atoms with E-state index in [2.05, 4.69) is 5.32 Å². The van der Waals surface area contributed by atoms with E-state index < -0.39 is 10.0 Å². The van der Waals surface area contributed by atoms with Gasteiger partial charge >= 0.3 is 0 Å². The smallest absolute Gasteiger partial charge is 0.217 e. The van der Waals surface area contributed by atoms with Crippen LogP contribution in [0.25, 0.3) is 0 Å². The molecule has 0 saturated carbocycles. The average Bonchev–Trinajstić information content (AvgIpc) is 2.81. The van der Waals surface area contributed by atoms with Crippen LogP contribution < -0.4 is 11.1 Å². The predicted molar refractivity (Wildman–Crippen MR) is 65.2 cm³/mol. The normalized spacial score (nSPS) is 31.8. The first kappa shape index (κ1) is 13.2. The Labute approximate surface area is 103 Å². The summed E-state index contributed by atoms with van der Waals surface area (Å²) in [5, 5.41) is 3.16. The summed E-state index contributed by atoms with van der Waals surface area (Å²) in [7, 11) is -3.24. The Kier molecular flexibility index (Phi) is 4.37. The Morgan fingerprint density at radius 3 is 2.94 bits per heavy atom. The number of hydrogen-bond donors (Lipinski definition) is 2. The zero-order valence-electron chi connectivity index (χ0n) is 9.97. The van der Waals surface area contributed by atoms with E-state index in [1.54, 1.807) is 4.31 Å². The van der Waals surface area contributed by atoms with E-state index in [1.807, 2.05) is 0 Å². The van der Waals surface area contributed by atoms with Crippen molar-refractivity contribution in [2.75, 3.05) is 38.5 Å². The van der Waals surface area contributed by atoms with E-state index in [9.17, 15) is 8.42 Å². The van der Waals surface area contributed by atoms with E-state index >= 15 is 0 Å². The third-order valence-corrected chi connectivity index (χ3v) is 5.33. The van der Waals surface area contributed by atoms with Gasteiger partial charge in [0.25, 0.3) is 0 Å². The molecule has 0 aromatic carbocycles. The number of nitrogens with zero attached hydrogens (tertiary/aromatic N) is 1. The Morgan fingerprint density at radius 1 is 1.47 bits per heavy atom. The Morgan fingerprint density at radius 2 is 2.29 bits per heavy atom. The van der Waals surface area contributed by atoms with Gasteiger partial charge in [-0.05, 0) is 12.8 Å². The zero-order valence-corrected chi connectivity index (χ0v) is 10.8. The lowest BCUT2D eigenvalue weighted by Gasteiger charge is -2.34. The summed E-state index contributed by atoms with van der Waals surface area (Å²) >= 11 is 0. The number of nitrogens with two attached hydrogens (primary N) is 1. The average molecular weight is 263 g/mol. The molecular formula is C10H21N3O3S.